The molecule has 0 radical (unpaired) electrons. The van der Waals surface area contributed by atoms with E-state index in [1.54, 1.807) is 11.4 Å². The van der Waals surface area contributed by atoms with Gasteiger partial charge in [-0.3, -0.25) is 0 Å². The maximum atomic E-state index is 6.00. The first-order valence-electron chi connectivity index (χ1n) is 6.52. The van der Waals surface area contributed by atoms with E-state index in [0.29, 0.717) is 5.25 Å². The molecule has 2 nitrogen and oxygen atoms in total. The Balaban J connectivity index is 4.62. The van der Waals surface area contributed by atoms with Crippen molar-refractivity contribution in [2.24, 2.45) is 0 Å². The Labute approximate surface area is 116 Å². The van der Waals surface area contributed by atoms with E-state index in [1.165, 1.54) is 0 Å². The molecule has 0 saturated carbocycles. The zero-order chi connectivity index (χ0) is 13.5. The van der Waals surface area contributed by atoms with Crippen LogP contribution in [0.25, 0.3) is 0 Å². The van der Waals surface area contributed by atoms with Gasteiger partial charge in [-0.05, 0) is 44.9 Å². The highest BCUT2D eigenvalue weighted by Gasteiger charge is 2.27. The van der Waals surface area contributed by atoms with Crippen LogP contribution in [0.5, 0.6) is 0 Å². The molecule has 0 fully saturated rings. The molecule has 0 aliphatic rings. The predicted octanol–water partition coefficient (Wildman–Crippen LogP) is 5.37. The van der Waals surface area contributed by atoms with Crippen LogP contribution in [0.2, 0.25) is 0 Å². The van der Waals surface area contributed by atoms with Crippen molar-refractivity contribution in [1.29, 1.82) is 0 Å². The lowest BCUT2D eigenvalue weighted by Crippen LogP contribution is -2.11. The van der Waals surface area contributed by atoms with Gasteiger partial charge in [-0.2, -0.15) is 0 Å². The molecule has 3 unspecified atom stereocenters. The molecular formula is C12H27O2PS2. The summed E-state index contributed by atoms with van der Waals surface area (Å²) in [4.78, 5) is 0. The summed E-state index contributed by atoms with van der Waals surface area (Å²) in [6, 6.07) is 0. The quantitative estimate of drug-likeness (QED) is 0.532. The van der Waals surface area contributed by atoms with Crippen molar-refractivity contribution in [1.82, 2.24) is 0 Å². The Hall–Kier alpha value is 0.920. The topological polar surface area (TPSA) is 18.5 Å². The van der Waals surface area contributed by atoms with Gasteiger partial charge < -0.3 is 9.05 Å². The lowest BCUT2D eigenvalue weighted by Gasteiger charge is -2.29. The normalized spacial score (nSPS) is 20.6. The summed E-state index contributed by atoms with van der Waals surface area (Å²) in [5, 5.41) is 0.494. The third-order valence-electron chi connectivity index (χ3n) is 2.65. The van der Waals surface area contributed by atoms with E-state index in [-0.39, 0.29) is 12.2 Å². The fourth-order valence-electron chi connectivity index (χ4n) is 0.959. The van der Waals surface area contributed by atoms with Gasteiger partial charge in [-0.15, -0.1) is 0 Å². The van der Waals surface area contributed by atoms with Crippen molar-refractivity contribution >= 4 is 28.9 Å². The number of hydrogen-bond donors (Lipinski definition) is 0. The average molecular weight is 298 g/mol. The molecule has 3 atom stereocenters. The van der Waals surface area contributed by atoms with Crippen LogP contribution in [-0.4, -0.2) is 17.5 Å². The summed E-state index contributed by atoms with van der Waals surface area (Å²) in [7, 11) is 0. The van der Waals surface area contributed by atoms with E-state index in [1.807, 2.05) is 0 Å². The molecule has 0 aliphatic heterocycles. The second-order valence-electron chi connectivity index (χ2n) is 4.42. The maximum absolute atomic E-state index is 6.00. The molecule has 0 heterocycles. The van der Waals surface area contributed by atoms with Crippen LogP contribution in [-0.2, 0) is 20.9 Å². The Morgan fingerprint density at radius 3 is 1.65 bits per heavy atom. The summed E-state index contributed by atoms with van der Waals surface area (Å²) in [5.74, 6) is 0. The molecule has 0 bridgehead atoms. The van der Waals surface area contributed by atoms with E-state index in [4.69, 9.17) is 20.9 Å². The predicted molar refractivity (Wildman–Crippen MR) is 83.3 cm³/mol. The molecule has 17 heavy (non-hydrogen) atoms. The van der Waals surface area contributed by atoms with Crippen LogP contribution in [0, 0.1) is 0 Å². The highest BCUT2D eigenvalue weighted by atomic mass is 32.9. The third kappa shape index (κ3) is 7.84. The maximum Gasteiger partial charge on any atom is 0.248 e. The fraction of sp³-hybridized carbons (Fsp3) is 1.00. The number of rotatable bonds is 9. The monoisotopic (exact) mass is 298 g/mol. The van der Waals surface area contributed by atoms with Gasteiger partial charge in [0.25, 0.3) is 0 Å². The van der Waals surface area contributed by atoms with E-state index >= 15 is 0 Å². The summed E-state index contributed by atoms with van der Waals surface area (Å²) >= 11 is 7.37. The molecule has 5 heteroatoms. The molecular weight excluding hydrogens is 271 g/mol. The van der Waals surface area contributed by atoms with Gasteiger partial charge in [-0.25, -0.2) is 0 Å². The Kier molecular flexibility index (Phi) is 9.41. The zero-order valence-electron chi connectivity index (χ0n) is 11.9. The van der Waals surface area contributed by atoms with Crippen molar-refractivity contribution in [3.05, 3.63) is 0 Å². The Bertz CT molecular complexity index is 211. The summed E-state index contributed by atoms with van der Waals surface area (Å²) < 4.78 is 12.0. The summed E-state index contributed by atoms with van der Waals surface area (Å²) in [6.45, 7) is 12.7. The van der Waals surface area contributed by atoms with Crippen molar-refractivity contribution in [2.75, 3.05) is 0 Å². The molecule has 0 amide bonds. The molecule has 0 saturated heterocycles. The van der Waals surface area contributed by atoms with E-state index < -0.39 is 5.69 Å². The van der Waals surface area contributed by atoms with Crippen molar-refractivity contribution in [2.45, 2.75) is 78.3 Å². The first-order valence-corrected chi connectivity index (χ1v) is 10.6. The summed E-state index contributed by atoms with van der Waals surface area (Å²) in [6.07, 6.45) is 3.41. The van der Waals surface area contributed by atoms with Crippen LogP contribution in [0.15, 0.2) is 0 Å². The van der Waals surface area contributed by atoms with Gasteiger partial charge in [0.15, 0.2) is 0 Å². The number of hydrogen-bond acceptors (Lipinski definition) is 4. The second-order valence-corrected chi connectivity index (χ2v) is 11.0. The SMILES string of the molecule is CCC(C)OP(=S)(OC(C)CC)SC(C)CC. The van der Waals surface area contributed by atoms with Crippen molar-refractivity contribution in [3.63, 3.8) is 0 Å². The van der Waals surface area contributed by atoms with Gasteiger partial charge in [0, 0.05) is 5.25 Å². The Morgan fingerprint density at radius 1 is 0.941 bits per heavy atom. The average Bonchev–Trinajstić information content (AvgIpc) is 2.27. The summed E-state index contributed by atoms with van der Waals surface area (Å²) in [5.41, 5.74) is -2.19. The van der Waals surface area contributed by atoms with Gasteiger partial charge in [0.05, 0.1) is 12.2 Å². The molecule has 0 aromatic rings. The molecule has 0 rings (SSSR count). The van der Waals surface area contributed by atoms with Crippen LogP contribution >= 0.6 is 17.1 Å². The second kappa shape index (κ2) is 8.92. The molecule has 0 aliphatic carbocycles. The molecule has 0 spiro atoms. The molecule has 104 valence electrons. The zero-order valence-corrected chi connectivity index (χ0v) is 14.5. The van der Waals surface area contributed by atoms with Crippen LogP contribution < -0.4 is 0 Å². The van der Waals surface area contributed by atoms with E-state index in [9.17, 15) is 0 Å². The smallest absolute Gasteiger partial charge is 0.248 e. The Morgan fingerprint density at radius 2 is 1.35 bits per heavy atom. The first-order chi connectivity index (χ1) is 7.86. The highest BCUT2D eigenvalue weighted by Crippen LogP contribution is 2.64. The minimum atomic E-state index is -2.19. The van der Waals surface area contributed by atoms with Crippen LogP contribution in [0.1, 0.15) is 60.8 Å². The first kappa shape index (κ1) is 17.9. The third-order valence-corrected chi connectivity index (χ3v) is 8.50. The van der Waals surface area contributed by atoms with Crippen molar-refractivity contribution < 1.29 is 9.05 Å². The van der Waals surface area contributed by atoms with Crippen molar-refractivity contribution in [3.8, 4) is 0 Å². The minimum absolute atomic E-state index is 0.182. The van der Waals surface area contributed by atoms with Crippen LogP contribution in [0.3, 0.4) is 0 Å². The lowest BCUT2D eigenvalue weighted by molar-refractivity contribution is 0.163. The highest BCUT2D eigenvalue weighted by molar-refractivity contribution is 8.68. The largest absolute Gasteiger partial charge is 0.319 e. The molecule has 0 N–H and O–H groups in total. The molecule has 0 aromatic carbocycles. The van der Waals surface area contributed by atoms with Crippen LogP contribution in [0.4, 0.5) is 0 Å². The van der Waals surface area contributed by atoms with Gasteiger partial charge in [0.2, 0.25) is 5.69 Å². The standard InChI is InChI=1S/C12H27O2PS2/c1-7-10(4)13-15(16,14-11(5)8-2)17-12(6)9-3/h10-12H,7-9H2,1-6H3. The van der Waals surface area contributed by atoms with Gasteiger partial charge >= 0.3 is 0 Å². The van der Waals surface area contributed by atoms with Gasteiger partial charge in [-0.1, -0.05) is 39.1 Å². The lowest BCUT2D eigenvalue weighted by atomic mass is 10.3. The van der Waals surface area contributed by atoms with E-state index in [0.717, 1.165) is 19.3 Å². The minimum Gasteiger partial charge on any atom is -0.319 e. The van der Waals surface area contributed by atoms with E-state index in [2.05, 4.69) is 41.5 Å². The van der Waals surface area contributed by atoms with Gasteiger partial charge in [0.1, 0.15) is 0 Å². The molecule has 0 aromatic heterocycles. The fourth-order valence-corrected chi connectivity index (χ4v) is 8.03.